The van der Waals surface area contributed by atoms with Gasteiger partial charge in [0.1, 0.15) is 0 Å². The number of amides is 2. The van der Waals surface area contributed by atoms with Crippen LogP contribution in [0, 0.1) is 0 Å². The molecule has 1 saturated heterocycles. The van der Waals surface area contributed by atoms with Crippen LogP contribution < -0.4 is 5.32 Å². The van der Waals surface area contributed by atoms with Crippen LogP contribution in [0.4, 0.5) is 0 Å². The Balaban J connectivity index is 2.00. The summed E-state index contributed by atoms with van der Waals surface area (Å²) < 4.78 is 0. The van der Waals surface area contributed by atoms with Gasteiger partial charge in [-0.1, -0.05) is 12.1 Å². The van der Waals surface area contributed by atoms with Crippen molar-refractivity contribution < 1.29 is 19.5 Å². The average Bonchev–Trinajstić information content (AvgIpc) is 2.47. The van der Waals surface area contributed by atoms with Crippen LogP contribution >= 0.6 is 0 Å². The maximum absolute atomic E-state index is 12.2. The summed E-state index contributed by atoms with van der Waals surface area (Å²) in [6.07, 6.45) is 1.36. The Morgan fingerprint density at radius 1 is 1.14 bits per heavy atom. The molecule has 0 radical (unpaired) electrons. The summed E-state index contributed by atoms with van der Waals surface area (Å²) in [5.74, 6) is -1.46. The summed E-state index contributed by atoms with van der Waals surface area (Å²) in [6, 6.07) is 6.11. The predicted octanol–water partition coefficient (Wildman–Crippen LogP) is 1.13. The predicted molar refractivity (Wildman–Crippen MR) is 76.1 cm³/mol. The summed E-state index contributed by atoms with van der Waals surface area (Å²) in [5.41, 5.74) is 0.162. The van der Waals surface area contributed by atoms with Crippen LogP contribution in [-0.4, -0.2) is 46.9 Å². The lowest BCUT2D eigenvalue weighted by atomic mass is 10.0. The Labute approximate surface area is 122 Å². The second kappa shape index (κ2) is 6.39. The molecule has 0 bridgehead atoms. The number of aromatic carboxylic acids is 1. The van der Waals surface area contributed by atoms with Gasteiger partial charge >= 0.3 is 5.97 Å². The van der Waals surface area contributed by atoms with Gasteiger partial charge in [-0.15, -0.1) is 0 Å². The quantitative estimate of drug-likeness (QED) is 0.873. The van der Waals surface area contributed by atoms with Crippen LogP contribution in [0.25, 0.3) is 0 Å². The number of benzene rings is 1. The van der Waals surface area contributed by atoms with Crippen LogP contribution in [0.1, 0.15) is 40.5 Å². The highest BCUT2D eigenvalue weighted by Crippen LogP contribution is 2.13. The van der Waals surface area contributed by atoms with Gasteiger partial charge in [0.2, 0.25) is 5.91 Å². The third-order valence-corrected chi connectivity index (χ3v) is 3.68. The van der Waals surface area contributed by atoms with E-state index in [9.17, 15) is 14.4 Å². The first-order valence-corrected chi connectivity index (χ1v) is 6.87. The van der Waals surface area contributed by atoms with Crippen molar-refractivity contribution in [3.05, 3.63) is 35.4 Å². The molecule has 21 heavy (non-hydrogen) atoms. The molecule has 0 aliphatic carbocycles. The third kappa shape index (κ3) is 3.59. The Hall–Kier alpha value is -2.37. The maximum Gasteiger partial charge on any atom is 0.336 e. The molecule has 6 heteroatoms. The lowest BCUT2D eigenvalue weighted by Crippen LogP contribution is -2.46. The molecule has 0 unspecified atom stereocenters. The molecule has 1 fully saturated rings. The highest BCUT2D eigenvalue weighted by molar-refractivity contribution is 6.04. The average molecular weight is 290 g/mol. The van der Waals surface area contributed by atoms with Crippen molar-refractivity contribution in [2.24, 2.45) is 0 Å². The first kappa shape index (κ1) is 15.0. The van der Waals surface area contributed by atoms with Gasteiger partial charge in [0, 0.05) is 26.1 Å². The number of carbonyl (C=O) groups excluding carboxylic acids is 2. The molecule has 2 N–H and O–H groups in total. The molecule has 2 rings (SSSR count). The van der Waals surface area contributed by atoms with Gasteiger partial charge in [-0.25, -0.2) is 4.79 Å². The third-order valence-electron chi connectivity index (χ3n) is 3.68. The molecule has 1 heterocycles. The number of carboxylic acids is 1. The van der Waals surface area contributed by atoms with Crippen molar-refractivity contribution >= 4 is 17.8 Å². The minimum atomic E-state index is -1.12. The summed E-state index contributed by atoms with van der Waals surface area (Å²) in [4.78, 5) is 36.3. The van der Waals surface area contributed by atoms with Crippen LogP contribution in [0.5, 0.6) is 0 Å². The van der Waals surface area contributed by atoms with E-state index in [1.54, 1.807) is 17.0 Å². The molecular weight excluding hydrogens is 272 g/mol. The second-order valence-electron chi connectivity index (χ2n) is 5.10. The fraction of sp³-hybridized carbons (Fsp3) is 0.400. The molecule has 1 aliphatic rings. The fourth-order valence-electron chi connectivity index (χ4n) is 2.47. The zero-order chi connectivity index (χ0) is 15.4. The number of hydrogen-bond acceptors (Lipinski definition) is 3. The highest BCUT2D eigenvalue weighted by atomic mass is 16.4. The molecule has 0 atom stereocenters. The zero-order valence-corrected chi connectivity index (χ0v) is 11.8. The van der Waals surface area contributed by atoms with E-state index in [4.69, 9.17) is 5.11 Å². The van der Waals surface area contributed by atoms with Gasteiger partial charge in [0.05, 0.1) is 11.1 Å². The molecule has 6 nitrogen and oxygen atoms in total. The van der Waals surface area contributed by atoms with E-state index in [2.05, 4.69) is 5.32 Å². The van der Waals surface area contributed by atoms with Gasteiger partial charge in [0.15, 0.2) is 0 Å². The number of likely N-dealkylation sites (tertiary alicyclic amines) is 1. The summed E-state index contributed by atoms with van der Waals surface area (Å²) in [7, 11) is 0. The Bertz CT molecular complexity index is 563. The van der Waals surface area contributed by atoms with Crippen molar-refractivity contribution in [3.63, 3.8) is 0 Å². The van der Waals surface area contributed by atoms with Crippen molar-refractivity contribution in [2.75, 3.05) is 13.1 Å². The minimum Gasteiger partial charge on any atom is -0.478 e. The van der Waals surface area contributed by atoms with Gasteiger partial charge < -0.3 is 15.3 Å². The van der Waals surface area contributed by atoms with Crippen LogP contribution in [0.15, 0.2) is 24.3 Å². The normalized spacial score (nSPS) is 15.6. The first-order chi connectivity index (χ1) is 9.99. The molecule has 1 aliphatic heterocycles. The largest absolute Gasteiger partial charge is 0.478 e. The number of rotatable bonds is 3. The van der Waals surface area contributed by atoms with Gasteiger partial charge in [-0.05, 0) is 25.0 Å². The Morgan fingerprint density at radius 3 is 2.24 bits per heavy atom. The van der Waals surface area contributed by atoms with E-state index in [0.717, 1.165) is 0 Å². The van der Waals surface area contributed by atoms with E-state index in [1.165, 1.54) is 19.1 Å². The molecule has 0 saturated carbocycles. The first-order valence-electron chi connectivity index (χ1n) is 6.87. The highest BCUT2D eigenvalue weighted by Gasteiger charge is 2.23. The minimum absolute atomic E-state index is 0.00354. The number of carbonyl (C=O) groups is 3. The molecule has 0 aromatic heterocycles. The molecule has 2 amide bonds. The SMILES string of the molecule is CC(=O)N1CCC(NC(=O)c2ccccc2C(=O)O)CC1. The fourth-order valence-corrected chi connectivity index (χ4v) is 2.47. The number of hydrogen-bond donors (Lipinski definition) is 2. The van der Waals surface area contributed by atoms with Crippen LogP contribution in [-0.2, 0) is 4.79 Å². The van der Waals surface area contributed by atoms with Crippen molar-refractivity contribution in [1.82, 2.24) is 10.2 Å². The lowest BCUT2D eigenvalue weighted by Gasteiger charge is -2.31. The molecule has 1 aromatic carbocycles. The molecular formula is C15H18N2O4. The zero-order valence-electron chi connectivity index (χ0n) is 11.8. The topological polar surface area (TPSA) is 86.7 Å². The maximum atomic E-state index is 12.2. The molecule has 112 valence electrons. The van der Waals surface area contributed by atoms with E-state index in [1.807, 2.05) is 0 Å². The van der Waals surface area contributed by atoms with E-state index >= 15 is 0 Å². The van der Waals surface area contributed by atoms with Gasteiger partial charge in [-0.3, -0.25) is 9.59 Å². The van der Waals surface area contributed by atoms with E-state index in [0.29, 0.717) is 25.9 Å². The Morgan fingerprint density at radius 2 is 1.71 bits per heavy atom. The number of piperidine rings is 1. The van der Waals surface area contributed by atoms with Gasteiger partial charge in [0.25, 0.3) is 5.91 Å². The summed E-state index contributed by atoms with van der Waals surface area (Å²) in [6.45, 7) is 2.75. The van der Waals surface area contributed by atoms with Crippen molar-refractivity contribution in [2.45, 2.75) is 25.8 Å². The summed E-state index contributed by atoms with van der Waals surface area (Å²) in [5, 5.41) is 11.9. The van der Waals surface area contributed by atoms with E-state index in [-0.39, 0.29) is 29.0 Å². The smallest absolute Gasteiger partial charge is 0.336 e. The van der Waals surface area contributed by atoms with Crippen LogP contribution in [0.3, 0.4) is 0 Å². The van der Waals surface area contributed by atoms with Crippen molar-refractivity contribution in [1.29, 1.82) is 0 Å². The van der Waals surface area contributed by atoms with Crippen LogP contribution in [0.2, 0.25) is 0 Å². The molecule has 0 spiro atoms. The number of nitrogens with zero attached hydrogens (tertiary/aromatic N) is 1. The summed E-state index contributed by atoms with van der Waals surface area (Å²) >= 11 is 0. The van der Waals surface area contributed by atoms with E-state index < -0.39 is 5.97 Å². The van der Waals surface area contributed by atoms with Crippen molar-refractivity contribution in [3.8, 4) is 0 Å². The molecule has 1 aromatic rings. The number of carboxylic acid groups (broad SMARTS) is 1. The second-order valence-corrected chi connectivity index (χ2v) is 5.10. The lowest BCUT2D eigenvalue weighted by molar-refractivity contribution is -0.129. The standard InChI is InChI=1S/C15H18N2O4/c1-10(18)17-8-6-11(7-9-17)16-14(19)12-4-2-3-5-13(12)15(20)21/h2-5,11H,6-9H2,1H3,(H,16,19)(H,20,21). The number of nitrogens with one attached hydrogen (secondary N) is 1. The monoisotopic (exact) mass is 290 g/mol. The van der Waals surface area contributed by atoms with Gasteiger partial charge in [-0.2, -0.15) is 0 Å². The Kier molecular flexibility index (Phi) is 4.57.